The summed E-state index contributed by atoms with van der Waals surface area (Å²) >= 11 is 0. The topological polar surface area (TPSA) is 69.6 Å². The number of hydrogen-bond donors (Lipinski definition) is 2. The number of nitrogens with two attached hydrogens (primary N) is 1. The van der Waals surface area contributed by atoms with Crippen LogP contribution in [0.15, 0.2) is 64.7 Å². The zero-order valence-corrected chi connectivity index (χ0v) is 19.1. The van der Waals surface area contributed by atoms with E-state index in [1.54, 1.807) is 16.1 Å². The van der Waals surface area contributed by atoms with Gasteiger partial charge in [0, 0.05) is 42.8 Å². The van der Waals surface area contributed by atoms with Crippen molar-refractivity contribution < 1.29 is 17.7 Å². The Balaban J connectivity index is 1.47. The first-order chi connectivity index (χ1) is 15.2. The van der Waals surface area contributed by atoms with Gasteiger partial charge in [-0.05, 0) is 49.1 Å². The number of nitrogens with zero attached hydrogens (tertiary/aromatic N) is 2. The van der Waals surface area contributed by atoms with Gasteiger partial charge in [-0.15, -0.1) is 0 Å². The average molecular weight is 457 g/mol. The Labute approximate surface area is 189 Å². The summed E-state index contributed by atoms with van der Waals surface area (Å²) in [6.45, 7) is 4.91. The first-order valence-electron chi connectivity index (χ1n) is 11.2. The van der Waals surface area contributed by atoms with Gasteiger partial charge in [0.15, 0.2) is 6.04 Å². The lowest BCUT2D eigenvalue weighted by atomic mass is 9.86. The molecule has 1 saturated carbocycles. The van der Waals surface area contributed by atoms with Crippen LogP contribution in [-0.2, 0) is 9.71 Å². The van der Waals surface area contributed by atoms with Gasteiger partial charge in [-0.2, -0.15) is 8.19 Å². The molecule has 4 aliphatic rings. The molecular weight excluding hydrogens is 425 g/mol. The number of hydrogen-bond acceptors (Lipinski definition) is 4. The third-order valence-corrected chi connectivity index (χ3v) is 9.83. The molecule has 1 aromatic carbocycles. The van der Waals surface area contributed by atoms with Crippen LogP contribution in [0.5, 0.6) is 0 Å². The molecule has 5 rings (SSSR count). The van der Waals surface area contributed by atoms with Crippen LogP contribution in [0.25, 0.3) is 0 Å². The van der Waals surface area contributed by atoms with Crippen molar-refractivity contribution in [1.29, 1.82) is 0 Å². The highest BCUT2D eigenvalue weighted by Gasteiger charge is 2.74. The predicted octanol–water partition coefficient (Wildman–Crippen LogP) is 2.96. The quantitative estimate of drug-likeness (QED) is 0.299. The maximum atomic E-state index is 13.7. The second-order valence-electron chi connectivity index (χ2n) is 9.49. The van der Waals surface area contributed by atoms with Crippen molar-refractivity contribution in [3.05, 3.63) is 65.7 Å². The van der Waals surface area contributed by atoms with Gasteiger partial charge in [-0.1, -0.05) is 24.3 Å². The third-order valence-electron chi connectivity index (χ3n) is 7.76. The molecule has 0 spiro atoms. The highest BCUT2D eigenvalue weighted by Crippen LogP contribution is 2.74. The standard InChI is InChI=1S/C25H31FN3O2S/c1-28(32(2,31)20-10-8-18(26)9-11-20)19-6-5-7-22-21(16-19)24-13-3-4-14-25(24,17-24)29(22)15-12-23(27)30/h3-4,8-11,13-14,19,23,30H,1-2,5-7,12,15-17,27H2/q+1. The smallest absolute Gasteiger partial charge is 0.202 e. The van der Waals surface area contributed by atoms with Crippen LogP contribution in [-0.4, -0.2) is 55.1 Å². The van der Waals surface area contributed by atoms with Crippen molar-refractivity contribution in [3.8, 4) is 0 Å². The van der Waals surface area contributed by atoms with E-state index in [2.05, 4.69) is 41.8 Å². The summed E-state index contributed by atoms with van der Waals surface area (Å²) in [5, 5.41) is 9.71. The van der Waals surface area contributed by atoms with Gasteiger partial charge in [0.1, 0.15) is 18.8 Å². The van der Waals surface area contributed by atoms with E-state index in [9.17, 15) is 13.7 Å². The van der Waals surface area contributed by atoms with Crippen molar-refractivity contribution in [3.63, 3.8) is 0 Å². The fourth-order valence-electron chi connectivity index (χ4n) is 6.08. The largest absolute Gasteiger partial charge is 0.379 e. The van der Waals surface area contributed by atoms with Crippen LogP contribution in [0, 0.1) is 11.2 Å². The highest BCUT2D eigenvalue weighted by atomic mass is 32.2. The Morgan fingerprint density at radius 1 is 1.31 bits per heavy atom. The molecule has 1 aliphatic heterocycles. The van der Waals surface area contributed by atoms with Crippen molar-refractivity contribution in [2.24, 2.45) is 11.1 Å². The first-order valence-corrected chi connectivity index (χ1v) is 12.9. The number of halogens is 1. The van der Waals surface area contributed by atoms with Gasteiger partial charge in [-0.3, -0.25) is 0 Å². The lowest BCUT2D eigenvalue weighted by molar-refractivity contribution is -0.402. The van der Waals surface area contributed by atoms with E-state index in [1.165, 1.54) is 23.4 Å². The fourth-order valence-corrected chi connectivity index (χ4v) is 7.57. The Kier molecular flexibility index (Phi) is 5.00. The molecule has 0 amide bonds. The Bertz CT molecular complexity index is 1150. The second-order valence-corrected chi connectivity index (χ2v) is 11.7. The van der Waals surface area contributed by atoms with E-state index in [-0.39, 0.29) is 22.8 Å². The number of allylic oxidation sites excluding steroid dienone is 3. The minimum absolute atomic E-state index is 0.0235. The first kappa shape index (κ1) is 21.6. The molecule has 1 aromatic rings. The van der Waals surface area contributed by atoms with E-state index in [1.807, 2.05) is 0 Å². The molecule has 3 aliphatic carbocycles. The van der Waals surface area contributed by atoms with Crippen molar-refractivity contribution in [1.82, 2.24) is 4.90 Å². The Hall–Kier alpha value is -2.22. The molecule has 0 aromatic heterocycles. The molecule has 5 unspecified atom stereocenters. The molecule has 0 radical (unpaired) electrons. The molecule has 5 atom stereocenters. The van der Waals surface area contributed by atoms with E-state index < -0.39 is 15.9 Å². The van der Waals surface area contributed by atoms with Crippen molar-refractivity contribution in [2.45, 2.75) is 61.2 Å². The molecule has 3 N–H and O–H groups in total. The number of benzene rings is 1. The molecule has 5 nitrogen and oxygen atoms in total. The van der Waals surface area contributed by atoms with Crippen LogP contribution >= 0.6 is 0 Å². The molecule has 0 saturated heterocycles. The Morgan fingerprint density at radius 2 is 2.03 bits per heavy atom. The summed E-state index contributed by atoms with van der Waals surface area (Å²) < 4.78 is 28.7. The predicted molar refractivity (Wildman–Crippen MR) is 126 cm³/mol. The van der Waals surface area contributed by atoms with Crippen LogP contribution in [0.3, 0.4) is 0 Å². The molecule has 170 valence electrons. The van der Waals surface area contributed by atoms with Crippen LogP contribution in [0.2, 0.25) is 0 Å². The third kappa shape index (κ3) is 3.05. The Morgan fingerprint density at radius 3 is 2.75 bits per heavy atom. The second kappa shape index (κ2) is 7.40. The van der Waals surface area contributed by atoms with E-state index in [4.69, 9.17) is 5.73 Å². The summed E-state index contributed by atoms with van der Waals surface area (Å²) in [6.07, 6.45) is 13.1. The van der Waals surface area contributed by atoms with Gasteiger partial charge in [0.25, 0.3) is 0 Å². The minimum Gasteiger partial charge on any atom is -0.379 e. The monoisotopic (exact) mass is 456 g/mol. The van der Waals surface area contributed by atoms with Crippen LogP contribution in [0.1, 0.15) is 38.5 Å². The van der Waals surface area contributed by atoms with Gasteiger partial charge in [0.05, 0.1) is 10.4 Å². The summed E-state index contributed by atoms with van der Waals surface area (Å²) in [4.78, 5) is 2.96. The lowest BCUT2D eigenvalue weighted by Crippen LogP contribution is -2.38. The summed E-state index contributed by atoms with van der Waals surface area (Å²) in [5.41, 5.74) is 8.33. The molecule has 0 bridgehead atoms. The van der Waals surface area contributed by atoms with Gasteiger partial charge in [-0.25, -0.2) is 4.39 Å². The lowest BCUT2D eigenvalue weighted by Gasteiger charge is -2.33. The summed E-state index contributed by atoms with van der Waals surface area (Å²) in [6, 6.07) is 5.69. The highest BCUT2D eigenvalue weighted by molar-refractivity contribution is 7.94. The SMILES string of the molecule is C=[N+](C1CCCC2=C(C1)C13C=CC=CC1(C3)N2CCC(N)O)S(=C)(=O)c1ccc(F)cc1. The maximum Gasteiger partial charge on any atom is 0.202 e. The summed E-state index contributed by atoms with van der Waals surface area (Å²) in [7, 11) is -2.83. The summed E-state index contributed by atoms with van der Waals surface area (Å²) in [5.74, 6) is 3.65. The molecule has 32 heavy (non-hydrogen) atoms. The normalized spacial score (nSPS) is 33.1. The van der Waals surface area contributed by atoms with Crippen LogP contribution in [0.4, 0.5) is 4.39 Å². The molecular formula is C25H31FN3O2S+. The molecule has 1 fully saturated rings. The van der Waals surface area contributed by atoms with Crippen LogP contribution < -0.4 is 5.73 Å². The number of aliphatic hydroxyl groups is 1. The minimum atomic E-state index is -2.83. The molecule has 7 heteroatoms. The van der Waals surface area contributed by atoms with Gasteiger partial charge < -0.3 is 15.7 Å². The molecule has 1 heterocycles. The van der Waals surface area contributed by atoms with E-state index >= 15 is 0 Å². The maximum absolute atomic E-state index is 13.7. The van der Waals surface area contributed by atoms with Gasteiger partial charge in [0.2, 0.25) is 9.71 Å². The number of aliphatic hydroxyl groups excluding tert-OH is 1. The zero-order valence-electron chi connectivity index (χ0n) is 18.3. The fraction of sp³-hybridized carbons (Fsp3) is 0.440. The van der Waals surface area contributed by atoms with E-state index in [0.29, 0.717) is 11.3 Å². The van der Waals surface area contributed by atoms with Crippen molar-refractivity contribution >= 4 is 22.3 Å². The zero-order chi connectivity index (χ0) is 22.7. The number of rotatable bonds is 6. The average Bonchev–Trinajstić information content (AvgIpc) is 3.45. The van der Waals surface area contributed by atoms with Gasteiger partial charge >= 0.3 is 0 Å². The van der Waals surface area contributed by atoms with E-state index in [0.717, 1.165) is 38.6 Å². The van der Waals surface area contributed by atoms with Crippen molar-refractivity contribution in [2.75, 3.05) is 6.54 Å².